The molecule has 0 amide bonds. The second-order valence-electron chi connectivity index (χ2n) is 3.87. The smallest absolute Gasteiger partial charge is 0.406 e. The van der Waals surface area contributed by atoms with Crippen LogP contribution in [0.5, 0.6) is 5.75 Å². The number of alkyl halides is 3. The average molecular weight is 304 g/mol. The zero-order valence-corrected chi connectivity index (χ0v) is 10.7. The van der Waals surface area contributed by atoms with Crippen LogP contribution in [0.4, 0.5) is 13.2 Å². The molecular formula is C13H9ClF3NO2. The summed E-state index contributed by atoms with van der Waals surface area (Å²) in [5.41, 5.74) is 1.48. The molecule has 0 radical (unpaired) electrons. The van der Waals surface area contributed by atoms with Crippen LogP contribution in [0.3, 0.4) is 0 Å². The van der Waals surface area contributed by atoms with E-state index >= 15 is 0 Å². The number of halogens is 4. The Morgan fingerprint density at radius 1 is 1.10 bits per heavy atom. The summed E-state index contributed by atoms with van der Waals surface area (Å²) < 4.78 is 39.9. The van der Waals surface area contributed by atoms with Gasteiger partial charge in [-0.3, -0.25) is 0 Å². The third kappa shape index (κ3) is 3.61. The first kappa shape index (κ1) is 14.6. The molecule has 0 unspecified atom stereocenters. The molecule has 0 aliphatic heterocycles. The highest BCUT2D eigenvalue weighted by Crippen LogP contribution is 2.28. The van der Waals surface area contributed by atoms with Gasteiger partial charge in [0.25, 0.3) is 0 Å². The lowest BCUT2D eigenvalue weighted by Crippen LogP contribution is -2.16. The molecule has 7 heteroatoms. The van der Waals surface area contributed by atoms with Crippen LogP contribution in [-0.2, 0) is 6.61 Å². The molecule has 0 spiro atoms. The summed E-state index contributed by atoms with van der Waals surface area (Å²) in [5, 5.41) is 9.45. The minimum absolute atomic E-state index is 0.229. The Morgan fingerprint density at radius 2 is 1.75 bits per heavy atom. The number of pyridine rings is 1. The lowest BCUT2D eigenvalue weighted by molar-refractivity contribution is -0.274. The van der Waals surface area contributed by atoms with E-state index in [9.17, 15) is 18.3 Å². The van der Waals surface area contributed by atoms with Gasteiger partial charge in [-0.05, 0) is 30.3 Å². The number of hydrogen-bond donors (Lipinski definition) is 1. The van der Waals surface area contributed by atoms with E-state index in [1.54, 1.807) is 6.07 Å². The lowest BCUT2D eigenvalue weighted by Gasteiger charge is -2.10. The largest absolute Gasteiger partial charge is 0.573 e. The van der Waals surface area contributed by atoms with Crippen molar-refractivity contribution in [1.82, 2.24) is 4.98 Å². The Morgan fingerprint density at radius 3 is 2.30 bits per heavy atom. The standard InChI is InChI=1S/C13H9ClF3NO2/c14-11-6-3-9(7-19)12(18-11)8-1-4-10(5-2-8)20-13(15,16)17/h1-6,19H,7H2. The van der Waals surface area contributed by atoms with Crippen molar-refractivity contribution in [2.45, 2.75) is 13.0 Å². The first-order valence-corrected chi connectivity index (χ1v) is 5.89. The van der Waals surface area contributed by atoms with Gasteiger partial charge in [-0.1, -0.05) is 17.7 Å². The van der Waals surface area contributed by atoms with E-state index in [0.29, 0.717) is 16.8 Å². The van der Waals surface area contributed by atoms with Crippen molar-refractivity contribution in [3.63, 3.8) is 0 Å². The fourth-order valence-corrected chi connectivity index (χ4v) is 1.80. The van der Waals surface area contributed by atoms with Crippen LogP contribution in [0.1, 0.15) is 5.56 Å². The first-order valence-electron chi connectivity index (χ1n) is 5.51. The summed E-state index contributed by atoms with van der Waals surface area (Å²) in [6.07, 6.45) is -4.73. The molecule has 0 fully saturated rings. The molecule has 1 aromatic carbocycles. The van der Waals surface area contributed by atoms with E-state index in [1.165, 1.54) is 30.3 Å². The van der Waals surface area contributed by atoms with E-state index in [-0.39, 0.29) is 17.5 Å². The van der Waals surface area contributed by atoms with Gasteiger partial charge in [0, 0.05) is 11.1 Å². The van der Waals surface area contributed by atoms with Gasteiger partial charge < -0.3 is 9.84 Å². The molecule has 1 aromatic heterocycles. The summed E-state index contributed by atoms with van der Waals surface area (Å²) in [6.45, 7) is -0.250. The summed E-state index contributed by atoms with van der Waals surface area (Å²) in [7, 11) is 0. The molecule has 0 aliphatic rings. The third-order valence-electron chi connectivity index (χ3n) is 2.48. The van der Waals surface area contributed by atoms with Crippen molar-refractivity contribution in [1.29, 1.82) is 0 Å². The molecule has 0 atom stereocenters. The summed E-state index contributed by atoms with van der Waals surface area (Å²) in [4.78, 5) is 4.06. The number of rotatable bonds is 3. The maximum Gasteiger partial charge on any atom is 0.573 e. The van der Waals surface area contributed by atoms with Crippen LogP contribution in [0.15, 0.2) is 36.4 Å². The van der Waals surface area contributed by atoms with Crippen LogP contribution < -0.4 is 4.74 Å². The quantitative estimate of drug-likeness (QED) is 0.877. The summed E-state index contributed by atoms with van der Waals surface area (Å²) in [6, 6.07) is 8.31. The molecule has 0 bridgehead atoms. The predicted molar refractivity (Wildman–Crippen MR) is 67.3 cm³/mol. The van der Waals surface area contributed by atoms with Crippen molar-refractivity contribution >= 4 is 11.6 Å². The molecule has 0 aliphatic carbocycles. The Balaban J connectivity index is 2.33. The minimum atomic E-state index is -4.73. The zero-order chi connectivity index (χ0) is 14.8. The second kappa shape index (κ2) is 5.68. The molecule has 20 heavy (non-hydrogen) atoms. The fourth-order valence-electron chi connectivity index (χ4n) is 1.66. The topological polar surface area (TPSA) is 42.4 Å². The van der Waals surface area contributed by atoms with E-state index in [2.05, 4.69) is 9.72 Å². The number of aromatic nitrogens is 1. The van der Waals surface area contributed by atoms with Gasteiger partial charge in [-0.2, -0.15) is 0 Å². The van der Waals surface area contributed by atoms with Gasteiger partial charge in [0.05, 0.1) is 12.3 Å². The number of aliphatic hydroxyl groups excluding tert-OH is 1. The minimum Gasteiger partial charge on any atom is -0.406 e. The number of ether oxygens (including phenoxy) is 1. The number of nitrogens with zero attached hydrogens (tertiary/aromatic N) is 1. The zero-order valence-electron chi connectivity index (χ0n) is 9.99. The van der Waals surface area contributed by atoms with Gasteiger partial charge in [-0.25, -0.2) is 4.98 Å². The van der Waals surface area contributed by atoms with E-state index < -0.39 is 6.36 Å². The van der Waals surface area contributed by atoms with Gasteiger partial charge in [-0.15, -0.1) is 13.2 Å². The first-order chi connectivity index (χ1) is 9.39. The predicted octanol–water partition coefficient (Wildman–Crippen LogP) is 3.79. The van der Waals surface area contributed by atoms with Crippen LogP contribution in [0.2, 0.25) is 5.15 Å². The van der Waals surface area contributed by atoms with Crippen molar-refractivity contribution < 1.29 is 23.0 Å². The Kier molecular flexibility index (Phi) is 4.15. The van der Waals surface area contributed by atoms with Crippen LogP contribution in [0.25, 0.3) is 11.3 Å². The normalized spacial score (nSPS) is 11.4. The molecule has 1 N–H and O–H groups in total. The average Bonchev–Trinajstić information content (AvgIpc) is 2.38. The SMILES string of the molecule is OCc1ccc(Cl)nc1-c1ccc(OC(F)(F)F)cc1. The van der Waals surface area contributed by atoms with Crippen LogP contribution >= 0.6 is 11.6 Å². The van der Waals surface area contributed by atoms with Crippen LogP contribution in [0, 0.1) is 0 Å². The lowest BCUT2D eigenvalue weighted by atomic mass is 10.1. The Bertz CT molecular complexity index is 600. The highest BCUT2D eigenvalue weighted by Gasteiger charge is 2.31. The van der Waals surface area contributed by atoms with E-state index in [0.717, 1.165) is 0 Å². The molecule has 0 saturated heterocycles. The number of hydrogen-bond acceptors (Lipinski definition) is 3. The van der Waals surface area contributed by atoms with Gasteiger partial charge in [0.15, 0.2) is 0 Å². The summed E-state index contributed by atoms with van der Waals surface area (Å²) >= 11 is 5.78. The van der Waals surface area contributed by atoms with Gasteiger partial charge in [0.2, 0.25) is 0 Å². The Labute approximate surface area is 117 Å². The van der Waals surface area contributed by atoms with Crippen molar-refractivity contribution in [3.05, 3.63) is 47.1 Å². The number of aliphatic hydroxyl groups is 1. The maximum absolute atomic E-state index is 12.1. The third-order valence-corrected chi connectivity index (χ3v) is 2.69. The molecule has 1 heterocycles. The van der Waals surface area contributed by atoms with E-state index in [4.69, 9.17) is 11.6 Å². The van der Waals surface area contributed by atoms with Crippen molar-refractivity contribution in [3.8, 4) is 17.0 Å². The number of benzene rings is 1. The molecule has 106 valence electrons. The van der Waals surface area contributed by atoms with Crippen molar-refractivity contribution in [2.75, 3.05) is 0 Å². The molecule has 2 aromatic rings. The maximum atomic E-state index is 12.1. The second-order valence-corrected chi connectivity index (χ2v) is 4.26. The highest BCUT2D eigenvalue weighted by atomic mass is 35.5. The highest BCUT2D eigenvalue weighted by molar-refractivity contribution is 6.29. The van der Waals surface area contributed by atoms with Gasteiger partial charge in [0.1, 0.15) is 10.9 Å². The Hall–Kier alpha value is -1.79. The van der Waals surface area contributed by atoms with E-state index in [1.807, 2.05) is 0 Å². The fraction of sp³-hybridized carbons (Fsp3) is 0.154. The van der Waals surface area contributed by atoms with Crippen molar-refractivity contribution in [2.24, 2.45) is 0 Å². The molecular weight excluding hydrogens is 295 g/mol. The monoisotopic (exact) mass is 303 g/mol. The molecule has 3 nitrogen and oxygen atoms in total. The summed E-state index contributed by atoms with van der Waals surface area (Å²) in [5.74, 6) is -0.325. The van der Waals surface area contributed by atoms with Gasteiger partial charge >= 0.3 is 6.36 Å². The molecule has 2 rings (SSSR count). The van der Waals surface area contributed by atoms with Crippen LogP contribution in [-0.4, -0.2) is 16.5 Å². The molecule has 0 saturated carbocycles.